The zero-order valence-electron chi connectivity index (χ0n) is 26.3. The molecule has 3 aromatic carbocycles. The number of ketones is 4. The van der Waals surface area contributed by atoms with E-state index in [1.807, 2.05) is 0 Å². The Morgan fingerprint density at radius 2 is 1.58 bits per heavy atom. The summed E-state index contributed by atoms with van der Waals surface area (Å²) in [6.45, 7) is 0. The molecule has 48 heavy (non-hydrogen) atoms. The van der Waals surface area contributed by atoms with Crippen LogP contribution in [0.2, 0.25) is 0 Å². The fraction of sp³-hybridized carbons (Fsp3) is 0.314. The predicted octanol–water partition coefficient (Wildman–Crippen LogP) is 2.15. The van der Waals surface area contributed by atoms with E-state index in [4.69, 9.17) is 15.2 Å². The van der Waals surface area contributed by atoms with Crippen molar-refractivity contribution in [3.63, 3.8) is 0 Å². The summed E-state index contributed by atoms with van der Waals surface area (Å²) in [4.78, 5) is 80.8. The number of rotatable bonds is 6. The van der Waals surface area contributed by atoms with Gasteiger partial charge in [-0.15, -0.1) is 0 Å². The van der Waals surface area contributed by atoms with Crippen LogP contribution >= 0.6 is 0 Å². The molecule has 6 atom stereocenters. The molecule has 0 spiro atoms. The van der Waals surface area contributed by atoms with Crippen molar-refractivity contribution < 1.29 is 48.5 Å². The summed E-state index contributed by atoms with van der Waals surface area (Å²) in [6, 6.07) is 14.9. The molecule has 6 rings (SSSR count). The number of amides is 2. The summed E-state index contributed by atoms with van der Waals surface area (Å²) in [5.41, 5.74) is 4.59. The lowest BCUT2D eigenvalue weighted by Gasteiger charge is -2.52. The van der Waals surface area contributed by atoms with Gasteiger partial charge in [0.2, 0.25) is 5.91 Å². The average molecular weight is 656 g/mol. The highest BCUT2D eigenvalue weighted by atomic mass is 16.6. The molecule has 3 aliphatic rings. The number of benzene rings is 3. The molecule has 2 fully saturated rings. The van der Waals surface area contributed by atoms with Crippen LogP contribution in [0.25, 0.3) is 11.1 Å². The number of anilines is 1. The number of carbonyl (C=O) groups is 6. The number of hydrogen-bond acceptors (Lipinski definition) is 11. The van der Waals surface area contributed by atoms with Crippen molar-refractivity contribution >= 4 is 40.8 Å². The highest BCUT2D eigenvalue weighted by molar-refractivity contribution is 6.32. The second-order valence-electron chi connectivity index (χ2n) is 12.5. The monoisotopic (exact) mass is 655 g/mol. The van der Waals surface area contributed by atoms with Crippen molar-refractivity contribution in [2.24, 2.45) is 29.4 Å². The summed E-state index contributed by atoms with van der Waals surface area (Å²) in [5.74, 6) is -10.2. The number of phenolic OH excluding ortho intramolecular Hbond substituents is 1. The van der Waals surface area contributed by atoms with Gasteiger partial charge in [0.05, 0.1) is 24.6 Å². The number of carbonyl (C=O) groups excluding carboxylic acids is 6. The number of primary amides is 1. The number of nitrogens with zero attached hydrogens (tertiary/aromatic N) is 1. The molecular formula is C35H33N3O10. The maximum Gasteiger partial charge on any atom is 0.417 e. The molecule has 13 heteroatoms. The van der Waals surface area contributed by atoms with Crippen LogP contribution in [-0.4, -0.2) is 83.1 Å². The third-order valence-corrected chi connectivity index (χ3v) is 9.66. The highest BCUT2D eigenvalue weighted by Gasteiger charge is 2.69. The number of aromatic hydroxyl groups is 1. The van der Waals surface area contributed by atoms with Crippen molar-refractivity contribution in [1.82, 2.24) is 4.90 Å². The van der Waals surface area contributed by atoms with Crippen LogP contribution in [0.1, 0.15) is 22.3 Å². The Kier molecular flexibility index (Phi) is 8.13. The predicted molar refractivity (Wildman–Crippen MR) is 169 cm³/mol. The molecule has 0 bridgehead atoms. The van der Waals surface area contributed by atoms with E-state index in [0.717, 1.165) is 0 Å². The summed E-state index contributed by atoms with van der Waals surface area (Å²) in [6.07, 6.45) is -0.659. The van der Waals surface area contributed by atoms with Gasteiger partial charge >= 0.3 is 6.09 Å². The van der Waals surface area contributed by atoms with E-state index >= 15 is 0 Å². The van der Waals surface area contributed by atoms with Crippen LogP contribution in [0, 0.1) is 23.7 Å². The van der Waals surface area contributed by atoms with E-state index in [9.17, 15) is 39.0 Å². The number of fused-ring (bicyclic) bond motifs is 3. The van der Waals surface area contributed by atoms with Crippen molar-refractivity contribution in [3.05, 3.63) is 71.8 Å². The minimum absolute atomic E-state index is 0.0574. The maximum absolute atomic E-state index is 14.0. The summed E-state index contributed by atoms with van der Waals surface area (Å²) in [5, 5.41) is 25.2. The first kappa shape index (κ1) is 32.5. The highest BCUT2D eigenvalue weighted by Crippen LogP contribution is 2.51. The van der Waals surface area contributed by atoms with E-state index in [1.165, 1.54) is 32.2 Å². The molecule has 2 unspecified atom stereocenters. The van der Waals surface area contributed by atoms with Crippen molar-refractivity contribution in [2.45, 2.75) is 24.5 Å². The van der Waals surface area contributed by atoms with Crippen molar-refractivity contribution in [2.75, 3.05) is 26.5 Å². The SMILES string of the molecule is COc1ccc(OC(=O)Nc2ccc(-c3ccc(O)c4c3C[C@H]3C[C@H]5[C@H](N(C)C)C(=O)C(C(N)=O)C(=O)[C@@]5(O)C(=O)C3C4=O)cc2)cc1. The van der Waals surface area contributed by atoms with Gasteiger partial charge in [0, 0.05) is 11.6 Å². The molecule has 13 nitrogen and oxygen atoms in total. The molecule has 248 valence electrons. The third-order valence-electron chi connectivity index (χ3n) is 9.66. The van der Waals surface area contributed by atoms with E-state index < -0.39 is 70.4 Å². The number of phenols is 1. The first-order valence-electron chi connectivity index (χ1n) is 15.2. The molecule has 2 saturated carbocycles. The Morgan fingerprint density at radius 1 is 0.938 bits per heavy atom. The quantitative estimate of drug-likeness (QED) is 0.283. The number of hydrogen-bond donors (Lipinski definition) is 4. The Bertz CT molecular complexity index is 1870. The van der Waals surface area contributed by atoms with E-state index in [1.54, 1.807) is 54.6 Å². The minimum atomic E-state index is -2.79. The second-order valence-corrected chi connectivity index (χ2v) is 12.5. The molecule has 0 saturated heterocycles. The van der Waals surface area contributed by atoms with Crippen LogP contribution in [0.15, 0.2) is 60.7 Å². The number of nitrogens with one attached hydrogen (secondary N) is 1. The minimum Gasteiger partial charge on any atom is -0.507 e. The van der Waals surface area contributed by atoms with Crippen LogP contribution in [0.5, 0.6) is 17.2 Å². The molecule has 5 N–H and O–H groups in total. The Labute approximate surface area is 274 Å². The van der Waals surface area contributed by atoms with Crippen LogP contribution in [0.4, 0.5) is 10.5 Å². The van der Waals surface area contributed by atoms with Gasteiger partial charge in [-0.1, -0.05) is 18.2 Å². The fourth-order valence-electron chi connectivity index (χ4n) is 7.50. The van der Waals surface area contributed by atoms with Gasteiger partial charge in [0.25, 0.3) is 0 Å². The van der Waals surface area contributed by atoms with Crippen LogP contribution in [-0.2, 0) is 25.6 Å². The van der Waals surface area contributed by atoms with Gasteiger partial charge in [-0.05, 0) is 92.0 Å². The maximum atomic E-state index is 14.0. The Morgan fingerprint density at radius 3 is 2.19 bits per heavy atom. The number of Topliss-reactive ketones (excluding diaryl/α,β-unsaturated/α-hetero) is 4. The lowest BCUT2D eigenvalue weighted by Crippen LogP contribution is -2.74. The molecule has 0 aromatic heterocycles. The molecule has 0 heterocycles. The summed E-state index contributed by atoms with van der Waals surface area (Å²) < 4.78 is 10.4. The lowest BCUT2D eigenvalue weighted by molar-refractivity contribution is -0.181. The zero-order chi connectivity index (χ0) is 34.7. The van der Waals surface area contributed by atoms with Gasteiger partial charge in [0.1, 0.15) is 17.2 Å². The van der Waals surface area contributed by atoms with Crippen molar-refractivity contribution in [3.8, 4) is 28.4 Å². The van der Waals surface area contributed by atoms with Crippen LogP contribution < -0.4 is 20.5 Å². The normalized spacial score (nSPS) is 26.3. The van der Waals surface area contributed by atoms with E-state index in [0.29, 0.717) is 33.9 Å². The number of methoxy groups -OCH3 is 1. The van der Waals surface area contributed by atoms with E-state index in [-0.39, 0.29) is 24.2 Å². The zero-order valence-corrected chi connectivity index (χ0v) is 26.3. The Hall–Kier alpha value is -5.40. The lowest BCUT2D eigenvalue weighted by atomic mass is 9.52. The molecule has 0 aliphatic heterocycles. The molecule has 2 amide bonds. The van der Waals surface area contributed by atoms with Crippen LogP contribution in [0.3, 0.4) is 0 Å². The number of aliphatic hydroxyl groups is 1. The molecule has 3 aliphatic carbocycles. The van der Waals surface area contributed by atoms with Gasteiger partial charge in [-0.25, -0.2) is 4.79 Å². The average Bonchev–Trinajstić information content (AvgIpc) is 3.03. The number of nitrogens with two attached hydrogens (primary N) is 1. The van der Waals surface area contributed by atoms with Gasteiger partial charge in [0.15, 0.2) is 34.7 Å². The largest absolute Gasteiger partial charge is 0.507 e. The summed E-state index contributed by atoms with van der Waals surface area (Å²) in [7, 11) is 4.59. The van der Waals surface area contributed by atoms with Crippen molar-refractivity contribution in [1.29, 1.82) is 0 Å². The molecule has 3 aromatic rings. The standard InChI is InChI=1S/C35H33N3O10/c1-38(2)28-23-15-17-14-22-21(16-4-6-18(7-5-16)37-34(45)48-20-10-8-19(47-3)9-11-20)12-13-24(39)26(22)29(40)25(17)31(42)35(23,46)32(43)27(30(28)41)33(36)44/h4-13,17,23,25,27-28,39,46H,14-15H2,1-3H3,(H2,36,44)(H,37,45)/t17-,23-,25?,27?,28-,35-/m0/s1. The number of ether oxygens (including phenoxy) is 2. The first-order chi connectivity index (χ1) is 22.8. The third kappa shape index (κ3) is 5.11. The fourth-order valence-corrected chi connectivity index (χ4v) is 7.50. The second kappa shape index (κ2) is 12.0. The molecule has 0 radical (unpaired) electrons. The smallest absolute Gasteiger partial charge is 0.417 e. The van der Waals surface area contributed by atoms with Gasteiger partial charge < -0.3 is 25.4 Å². The molecular weight excluding hydrogens is 622 g/mol. The summed E-state index contributed by atoms with van der Waals surface area (Å²) >= 11 is 0. The topological polar surface area (TPSA) is 203 Å². The Balaban J connectivity index is 1.30. The van der Waals surface area contributed by atoms with E-state index in [2.05, 4.69) is 5.32 Å². The van der Waals surface area contributed by atoms with Gasteiger partial charge in [-0.2, -0.15) is 0 Å². The van der Waals surface area contributed by atoms with Gasteiger partial charge in [-0.3, -0.25) is 34.2 Å². The first-order valence-corrected chi connectivity index (χ1v) is 15.2. The number of likely N-dealkylation sites (N-methyl/N-ethyl adjacent to an activating group) is 1.